The van der Waals surface area contributed by atoms with E-state index >= 15 is 0 Å². The van der Waals surface area contributed by atoms with Crippen molar-refractivity contribution in [3.05, 3.63) is 22.8 Å². The lowest BCUT2D eigenvalue weighted by atomic mass is 9.98. The van der Waals surface area contributed by atoms with Crippen molar-refractivity contribution in [2.75, 3.05) is 13.1 Å². The Kier molecular flexibility index (Phi) is 4.19. The van der Waals surface area contributed by atoms with Gasteiger partial charge >= 0.3 is 6.03 Å². The van der Waals surface area contributed by atoms with Gasteiger partial charge in [0.1, 0.15) is 5.69 Å². The molecule has 130 valence electrons. The van der Waals surface area contributed by atoms with E-state index in [-0.39, 0.29) is 30.1 Å². The summed E-state index contributed by atoms with van der Waals surface area (Å²) in [6, 6.07) is 0.275. The van der Waals surface area contributed by atoms with Crippen molar-refractivity contribution < 1.29 is 9.59 Å². The molecule has 0 radical (unpaired) electrons. The number of rotatable bonds is 2. The van der Waals surface area contributed by atoms with Crippen LogP contribution in [0.1, 0.15) is 47.8 Å². The average molecular weight is 331 g/mol. The monoisotopic (exact) mass is 331 g/mol. The number of carbonyl (C=O) groups excluding carboxylic acids is 2. The molecule has 2 aliphatic heterocycles. The van der Waals surface area contributed by atoms with Crippen molar-refractivity contribution in [1.82, 2.24) is 25.1 Å². The van der Waals surface area contributed by atoms with Crippen LogP contribution in [0.4, 0.5) is 4.79 Å². The summed E-state index contributed by atoms with van der Waals surface area (Å²) in [5, 5.41) is 3.02. The summed E-state index contributed by atoms with van der Waals surface area (Å²) >= 11 is 0. The zero-order valence-electron chi connectivity index (χ0n) is 15.0. The second-order valence-electron chi connectivity index (χ2n) is 6.99. The zero-order valence-corrected chi connectivity index (χ0v) is 15.0. The molecule has 0 unspecified atom stereocenters. The number of hydrogen-bond acceptors (Lipinski definition) is 4. The van der Waals surface area contributed by atoms with E-state index in [4.69, 9.17) is 0 Å². The molecule has 1 aromatic heterocycles. The lowest BCUT2D eigenvalue weighted by Gasteiger charge is -2.37. The Morgan fingerprint density at radius 1 is 1.17 bits per heavy atom. The van der Waals surface area contributed by atoms with Gasteiger partial charge in [-0.3, -0.25) is 9.78 Å². The molecule has 2 fully saturated rings. The van der Waals surface area contributed by atoms with Gasteiger partial charge in [0.2, 0.25) is 0 Å². The number of carbonyl (C=O) groups is 2. The molecule has 0 saturated carbocycles. The number of piperidine rings is 1. The molecule has 3 rings (SSSR count). The van der Waals surface area contributed by atoms with Crippen LogP contribution in [0.15, 0.2) is 0 Å². The van der Waals surface area contributed by atoms with Crippen LogP contribution in [0.5, 0.6) is 0 Å². The standard InChI is InChI=1S/C17H25N5O2/c1-9(2)22-14-6-7-21(8-13(14)20-17(22)24)16(23)15-12(5)18-10(3)11(4)19-15/h9,13-14H,6-8H2,1-5H3,(H,20,24)/t13-,14+/m1/s1. The molecule has 0 bridgehead atoms. The Balaban J connectivity index is 1.78. The van der Waals surface area contributed by atoms with E-state index in [9.17, 15) is 9.59 Å². The van der Waals surface area contributed by atoms with E-state index in [1.807, 2.05) is 39.5 Å². The van der Waals surface area contributed by atoms with Crippen LogP contribution in [-0.2, 0) is 0 Å². The van der Waals surface area contributed by atoms with Crippen LogP contribution >= 0.6 is 0 Å². The summed E-state index contributed by atoms with van der Waals surface area (Å²) in [5.41, 5.74) is 2.70. The number of fused-ring (bicyclic) bond motifs is 1. The molecule has 24 heavy (non-hydrogen) atoms. The number of hydrogen-bond donors (Lipinski definition) is 1. The molecule has 3 heterocycles. The summed E-state index contributed by atoms with van der Waals surface area (Å²) in [7, 11) is 0. The molecule has 0 aliphatic carbocycles. The minimum absolute atomic E-state index is 0.0163. The topological polar surface area (TPSA) is 78.4 Å². The third kappa shape index (κ3) is 2.72. The first kappa shape index (κ1) is 16.7. The fourth-order valence-corrected chi connectivity index (χ4v) is 3.67. The average Bonchev–Trinajstić information content (AvgIpc) is 2.85. The number of amides is 3. The maximum absolute atomic E-state index is 12.9. The molecular weight excluding hydrogens is 306 g/mol. The fourth-order valence-electron chi connectivity index (χ4n) is 3.67. The lowest BCUT2D eigenvalue weighted by Crippen LogP contribution is -2.53. The van der Waals surface area contributed by atoms with Gasteiger partial charge in [0, 0.05) is 19.1 Å². The predicted octanol–water partition coefficient (Wildman–Crippen LogP) is 1.42. The number of aryl methyl sites for hydroxylation is 3. The second-order valence-corrected chi connectivity index (χ2v) is 6.99. The van der Waals surface area contributed by atoms with Gasteiger partial charge in [-0.2, -0.15) is 0 Å². The van der Waals surface area contributed by atoms with Gasteiger partial charge in [0.05, 0.1) is 29.2 Å². The van der Waals surface area contributed by atoms with Crippen LogP contribution in [0, 0.1) is 20.8 Å². The van der Waals surface area contributed by atoms with Crippen molar-refractivity contribution in [2.45, 2.75) is 59.2 Å². The highest BCUT2D eigenvalue weighted by Gasteiger charge is 2.44. The van der Waals surface area contributed by atoms with Crippen molar-refractivity contribution in [3.8, 4) is 0 Å². The Bertz CT molecular complexity index is 688. The molecule has 7 heteroatoms. The van der Waals surface area contributed by atoms with Crippen molar-refractivity contribution >= 4 is 11.9 Å². The van der Waals surface area contributed by atoms with Gasteiger partial charge in [-0.05, 0) is 41.0 Å². The normalized spacial score (nSPS) is 23.5. The number of aromatic nitrogens is 2. The first-order valence-electron chi connectivity index (χ1n) is 8.49. The highest BCUT2D eigenvalue weighted by atomic mass is 16.2. The van der Waals surface area contributed by atoms with Crippen LogP contribution < -0.4 is 5.32 Å². The molecule has 3 amide bonds. The van der Waals surface area contributed by atoms with Crippen LogP contribution in [0.25, 0.3) is 0 Å². The Hall–Kier alpha value is -2.18. The zero-order chi connectivity index (χ0) is 17.6. The molecule has 2 aliphatic rings. The summed E-state index contributed by atoms with van der Waals surface area (Å²) in [4.78, 5) is 37.6. The molecule has 1 aromatic rings. The quantitative estimate of drug-likeness (QED) is 0.889. The van der Waals surface area contributed by atoms with E-state index in [0.29, 0.717) is 24.5 Å². The van der Waals surface area contributed by atoms with E-state index in [2.05, 4.69) is 15.3 Å². The maximum Gasteiger partial charge on any atom is 0.318 e. The smallest absolute Gasteiger partial charge is 0.318 e. The van der Waals surface area contributed by atoms with Crippen LogP contribution in [0.3, 0.4) is 0 Å². The van der Waals surface area contributed by atoms with Gasteiger partial charge < -0.3 is 15.1 Å². The fraction of sp³-hybridized carbons (Fsp3) is 0.647. The van der Waals surface area contributed by atoms with Gasteiger partial charge in [-0.15, -0.1) is 0 Å². The van der Waals surface area contributed by atoms with Crippen molar-refractivity contribution in [2.24, 2.45) is 0 Å². The summed E-state index contributed by atoms with van der Waals surface area (Å²) in [5.74, 6) is -0.0983. The molecule has 7 nitrogen and oxygen atoms in total. The summed E-state index contributed by atoms with van der Waals surface area (Å²) in [6.07, 6.45) is 0.782. The molecule has 0 aromatic carbocycles. The number of urea groups is 1. The van der Waals surface area contributed by atoms with Crippen LogP contribution in [-0.4, -0.2) is 62.9 Å². The van der Waals surface area contributed by atoms with E-state index in [1.165, 1.54) is 0 Å². The highest BCUT2D eigenvalue weighted by molar-refractivity contribution is 5.93. The third-order valence-electron chi connectivity index (χ3n) is 5.00. The second kappa shape index (κ2) is 6.03. The molecular formula is C17H25N5O2. The minimum atomic E-state index is -0.0983. The summed E-state index contributed by atoms with van der Waals surface area (Å²) < 4.78 is 0. The van der Waals surface area contributed by atoms with E-state index in [1.54, 1.807) is 4.90 Å². The Morgan fingerprint density at radius 3 is 2.50 bits per heavy atom. The number of nitrogens with one attached hydrogen (secondary N) is 1. The first-order valence-corrected chi connectivity index (χ1v) is 8.49. The summed E-state index contributed by atoms with van der Waals surface area (Å²) in [6.45, 7) is 10.8. The molecule has 0 spiro atoms. The Morgan fingerprint density at radius 2 is 1.83 bits per heavy atom. The molecule has 1 N–H and O–H groups in total. The van der Waals surface area contributed by atoms with E-state index in [0.717, 1.165) is 17.8 Å². The van der Waals surface area contributed by atoms with Gasteiger partial charge in [0.25, 0.3) is 5.91 Å². The molecule has 2 saturated heterocycles. The Labute approximate surface area is 142 Å². The molecule has 2 atom stereocenters. The lowest BCUT2D eigenvalue weighted by molar-refractivity contribution is 0.0637. The van der Waals surface area contributed by atoms with Gasteiger partial charge in [-0.25, -0.2) is 9.78 Å². The van der Waals surface area contributed by atoms with E-state index < -0.39 is 0 Å². The minimum Gasteiger partial charge on any atom is -0.335 e. The SMILES string of the molecule is Cc1nc(C)c(C(=O)N2CC[C@H]3[C@@H](C2)NC(=O)N3C(C)C)nc1C. The first-order chi connectivity index (χ1) is 11.3. The van der Waals surface area contributed by atoms with Gasteiger partial charge in [0.15, 0.2) is 0 Å². The largest absolute Gasteiger partial charge is 0.335 e. The van der Waals surface area contributed by atoms with Gasteiger partial charge in [-0.1, -0.05) is 0 Å². The number of likely N-dealkylation sites (tertiary alicyclic amines) is 1. The van der Waals surface area contributed by atoms with Crippen molar-refractivity contribution in [3.63, 3.8) is 0 Å². The third-order valence-corrected chi connectivity index (χ3v) is 5.00. The highest BCUT2D eigenvalue weighted by Crippen LogP contribution is 2.25. The predicted molar refractivity (Wildman–Crippen MR) is 89.8 cm³/mol. The number of nitrogens with zero attached hydrogens (tertiary/aromatic N) is 4. The van der Waals surface area contributed by atoms with Crippen molar-refractivity contribution in [1.29, 1.82) is 0 Å². The van der Waals surface area contributed by atoms with Crippen LogP contribution in [0.2, 0.25) is 0 Å². The maximum atomic E-state index is 12.9.